The Labute approximate surface area is 271 Å². The maximum Gasteiger partial charge on any atom is 0.348 e. The molecule has 1 spiro atoms. The summed E-state index contributed by atoms with van der Waals surface area (Å²) in [6.07, 6.45) is 14.1. The molecule has 3 aliphatic heterocycles. The van der Waals surface area contributed by atoms with Gasteiger partial charge in [0, 0.05) is 50.9 Å². The van der Waals surface area contributed by atoms with Gasteiger partial charge < -0.3 is 18.7 Å². The van der Waals surface area contributed by atoms with Crippen LogP contribution in [0.4, 0.5) is 0 Å². The topological polar surface area (TPSA) is 61.8 Å². The van der Waals surface area contributed by atoms with Gasteiger partial charge in [-0.3, -0.25) is 4.79 Å². The summed E-state index contributed by atoms with van der Waals surface area (Å²) in [5.41, 5.74) is -0.221. The van der Waals surface area contributed by atoms with E-state index in [2.05, 4.69) is 6.92 Å². The molecule has 3 unspecified atom stereocenters. The second-order valence-corrected chi connectivity index (χ2v) is 14.1. The number of hydrogen-bond donors (Lipinski definition) is 0. The van der Waals surface area contributed by atoms with Crippen molar-refractivity contribution in [2.24, 2.45) is 5.92 Å². The quantitative estimate of drug-likeness (QED) is 0.0818. The zero-order chi connectivity index (χ0) is 31.7. The van der Waals surface area contributed by atoms with Gasteiger partial charge in [-0.25, -0.2) is 4.79 Å². The van der Waals surface area contributed by atoms with Crippen LogP contribution in [0.5, 0.6) is 0 Å². The standard InChI is InChI=1S/C39H56NO5/c1-4-5-6-7-8-9-16-23-36(41)44-37(30(2)3)45-39(31-19-12-10-13-20-31,32-21-14-11-15-22-32)38(42)43-35-28-33-24-25-34(29-35)40(33)26-17-18-27-40/h10-15,19-22,30,33-35,37H,4-9,16-18,23-29H2,1-3H3/q+1. The number of unbranched alkanes of at least 4 members (excludes halogenated alkanes) is 6. The van der Waals surface area contributed by atoms with E-state index < -0.39 is 17.9 Å². The van der Waals surface area contributed by atoms with Gasteiger partial charge in [-0.15, -0.1) is 0 Å². The fourth-order valence-corrected chi connectivity index (χ4v) is 8.36. The molecule has 0 aliphatic carbocycles. The number of esters is 2. The molecule has 0 amide bonds. The van der Waals surface area contributed by atoms with Crippen molar-refractivity contribution in [3.8, 4) is 0 Å². The average molecular weight is 619 g/mol. The first-order chi connectivity index (χ1) is 21.9. The lowest BCUT2D eigenvalue weighted by Gasteiger charge is -2.47. The van der Waals surface area contributed by atoms with E-state index in [1.165, 1.54) is 68.9 Å². The number of carbonyl (C=O) groups excluding carboxylic acids is 2. The Morgan fingerprint density at radius 2 is 1.33 bits per heavy atom. The third-order valence-electron chi connectivity index (χ3n) is 10.7. The van der Waals surface area contributed by atoms with Gasteiger partial charge in [-0.2, -0.15) is 0 Å². The molecule has 6 nitrogen and oxygen atoms in total. The van der Waals surface area contributed by atoms with E-state index in [0.29, 0.717) is 29.6 Å². The molecule has 0 N–H and O–H groups in total. The Balaban J connectivity index is 1.36. The van der Waals surface area contributed by atoms with Crippen molar-refractivity contribution in [3.63, 3.8) is 0 Å². The van der Waals surface area contributed by atoms with E-state index >= 15 is 0 Å². The predicted octanol–water partition coefficient (Wildman–Crippen LogP) is 8.46. The van der Waals surface area contributed by atoms with Gasteiger partial charge in [0.2, 0.25) is 11.9 Å². The first kappa shape index (κ1) is 33.7. The molecule has 3 fully saturated rings. The molecular weight excluding hydrogens is 562 g/mol. The smallest absolute Gasteiger partial charge is 0.348 e. The van der Waals surface area contributed by atoms with Gasteiger partial charge in [-0.1, -0.05) is 120 Å². The van der Waals surface area contributed by atoms with Crippen molar-refractivity contribution in [3.05, 3.63) is 71.8 Å². The van der Waals surface area contributed by atoms with Crippen molar-refractivity contribution in [1.82, 2.24) is 0 Å². The molecule has 246 valence electrons. The molecule has 6 heteroatoms. The van der Waals surface area contributed by atoms with E-state index in [-0.39, 0.29) is 18.0 Å². The fraction of sp³-hybridized carbons (Fsp3) is 0.641. The van der Waals surface area contributed by atoms with Gasteiger partial charge in [0.05, 0.1) is 25.2 Å². The lowest BCUT2D eigenvalue weighted by atomic mass is 9.85. The van der Waals surface area contributed by atoms with E-state index in [4.69, 9.17) is 14.2 Å². The minimum Gasteiger partial charge on any atom is -0.459 e. The third-order valence-corrected chi connectivity index (χ3v) is 10.7. The maximum absolute atomic E-state index is 14.8. The average Bonchev–Trinajstić information content (AvgIpc) is 3.59. The molecule has 2 aromatic rings. The molecule has 45 heavy (non-hydrogen) atoms. The molecule has 3 saturated heterocycles. The molecule has 0 saturated carbocycles. The fourth-order valence-electron chi connectivity index (χ4n) is 8.36. The van der Waals surface area contributed by atoms with Gasteiger partial charge in [0.25, 0.3) is 0 Å². The third kappa shape index (κ3) is 7.65. The van der Waals surface area contributed by atoms with Crippen LogP contribution in [0.1, 0.15) is 122 Å². The van der Waals surface area contributed by atoms with Gasteiger partial charge in [-0.05, 0) is 17.5 Å². The molecule has 3 aliphatic rings. The second kappa shape index (κ2) is 15.7. The summed E-state index contributed by atoms with van der Waals surface area (Å²) < 4.78 is 20.7. The number of hydrogen-bond acceptors (Lipinski definition) is 5. The first-order valence-electron chi connectivity index (χ1n) is 17.9. The van der Waals surface area contributed by atoms with Crippen LogP contribution in [-0.4, -0.2) is 54.0 Å². The van der Waals surface area contributed by atoms with E-state index in [0.717, 1.165) is 32.1 Å². The van der Waals surface area contributed by atoms with Crippen molar-refractivity contribution < 1.29 is 28.3 Å². The predicted molar refractivity (Wildman–Crippen MR) is 177 cm³/mol. The molecule has 3 heterocycles. The van der Waals surface area contributed by atoms with Crippen molar-refractivity contribution >= 4 is 11.9 Å². The Morgan fingerprint density at radius 3 is 1.87 bits per heavy atom. The van der Waals surface area contributed by atoms with Crippen LogP contribution in [-0.2, 0) is 29.4 Å². The number of nitrogens with zero attached hydrogens (tertiary/aromatic N) is 1. The number of quaternary nitrogens is 1. The van der Waals surface area contributed by atoms with Crippen LogP contribution < -0.4 is 0 Å². The lowest BCUT2D eigenvalue weighted by Crippen LogP contribution is -2.60. The number of piperidine rings is 1. The zero-order valence-electron chi connectivity index (χ0n) is 28.0. The lowest BCUT2D eigenvalue weighted by molar-refractivity contribution is -0.956. The number of ether oxygens (including phenoxy) is 3. The number of rotatable bonds is 16. The largest absolute Gasteiger partial charge is 0.459 e. The Bertz CT molecular complexity index is 1150. The molecule has 5 rings (SSSR count). The maximum atomic E-state index is 14.8. The van der Waals surface area contributed by atoms with Crippen LogP contribution in [0.3, 0.4) is 0 Å². The van der Waals surface area contributed by atoms with Crippen molar-refractivity contribution in [2.75, 3.05) is 13.1 Å². The summed E-state index contributed by atoms with van der Waals surface area (Å²) in [5, 5.41) is 0. The van der Waals surface area contributed by atoms with Crippen LogP contribution in [0.2, 0.25) is 0 Å². The number of carbonyl (C=O) groups is 2. The Hall–Kier alpha value is -2.70. The van der Waals surface area contributed by atoms with Gasteiger partial charge >= 0.3 is 11.9 Å². The summed E-state index contributed by atoms with van der Waals surface area (Å²) in [5.74, 6) is -0.880. The van der Waals surface area contributed by atoms with E-state index in [9.17, 15) is 9.59 Å². The Kier molecular flexibility index (Phi) is 11.8. The highest BCUT2D eigenvalue weighted by molar-refractivity contribution is 5.86. The van der Waals surface area contributed by atoms with E-state index in [1.54, 1.807) is 0 Å². The molecule has 0 radical (unpaired) electrons. The minimum absolute atomic E-state index is 0.146. The molecule has 2 aromatic carbocycles. The highest BCUT2D eigenvalue weighted by atomic mass is 16.7. The molecular formula is C39H56NO5+. The molecule has 2 bridgehead atoms. The number of benzene rings is 2. The monoisotopic (exact) mass is 618 g/mol. The van der Waals surface area contributed by atoms with Gasteiger partial charge in [0.1, 0.15) is 6.10 Å². The van der Waals surface area contributed by atoms with Crippen LogP contribution >= 0.6 is 0 Å². The second-order valence-electron chi connectivity index (χ2n) is 14.1. The van der Waals surface area contributed by atoms with Crippen LogP contribution in [0, 0.1) is 5.92 Å². The summed E-state index contributed by atoms with van der Waals surface area (Å²) >= 11 is 0. The van der Waals surface area contributed by atoms with Gasteiger partial charge in [0.15, 0.2) is 0 Å². The van der Waals surface area contributed by atoms with Crippen LogP contribution in [0.15, 0.2) is 60.7 Å². The van der Waals surface area contributed by atoms with E-state index in [1.807, 2.05) is 74.5 Å². The highest BCUT2D eigenvalue weighted by Crippen LogP contribution is 2.47. The zero-order valence-corrected chi connectivity index (χ0v) is 28.0. The summed E-state index contributed by atoms with van der Waals surface area (Å²) in [7, 11) is 0. The van der Waals surface area contributed by atoms with Crippen molar-refractivity contribution in [2.45, 2.75) is 141 Å². The van der Waals surface area contributed by atoms with Crippen LogP contribution in [0.25, 0.3) is 0 Å². The molecule has 3 atom stereocenters. The Morgan fingerprint density at radius 1 is 0.800 bits per heavy atom. The SMILES string of the molecule is CCCCCCCCCC(=O)OC(OC(C(=O)OC1CC2CCC(C1)[N+]21CCCC1)(c1ccccc1)c1ccccc1)C(C)C. The first-order valence-corrected chi connectivity index (χ1v) is 17.9. The highest BCUT2D eigenvalue weighted by Gasteiger charge is 2.57. The van der Waals surface area contributed by atoms with Crippen molar-refractivity contribution in [1.29, 1.82) is 0 Å². The normalized spacial score (nSPS) is 22.9. The minimum atomic E-state index is -1.58. The molecule has 0 aromatic heterocycles. The summed E-state index contributed by atoms with van der Waals surface area (Å²) in [6, 6.07) is 20.4. The summed E-state index contributed by atoms with van der Waals surface area (Å²) in [6.45, 7) is 8.71. The summed E-state index contributed by atoms with van der Waals surface area (Å²) in [4.78, 5) is 27.9.